The molecule has 0 bridgehead atoms. The molecule has 5 heteroatoms. The molecule has 2 rings (SSSR count). The predicted octanol–water partition coefficient (Wildman–Crippen LogP) is 0.547. The maximum absolute atomic E-state index is 9.12. The average Bonchev–Trinajstić information content (AvgIpc) is 2.83. The standard InChI is InChI=1S/C12H20N4O/c1-10(17)6-13-7-11-8-14-12(15-9-11)16-4-2-3-5-16/h8-10,13,17H,2-7H2,1H3. The van der Waals surface area contributed by atoms with E-state index in [0.717, 1.165) is 24.6 Å². The van der Waals surface area contributed by atoms with Crippen molar-refractivity contribution in [1.82, 2.24) is 15.3 Å². The van der Waals surface area contributed by atoms with E-state index in [1.165, 1.54) is 12.8 Å². The third kappa shape index (κ3) is 3.64. The fourth-order valence-electron chi connectivity index (χ4n) is 1.95. The highest BCUT2D eigenvalue weighted by Gasteiger charge is 2.14. The van der Waals surface area contributed by atoms with Crippen molar-refractivity contribution in [3.63, 3.8) is 0 Å². The summed E-state index contributed by atoms with van der Waals surface area (Å²) in [4.78, 5) is 11.0. The molecule has 1 atom stereocenters. The lowest BCUT2D eigenvalue weighted by atomic mass is 10.3. The number of anilines is 1. The average molecular weight is 236 g/mol. The molecule has 1 fully saturated rings. The fraction of sp³-hybridized carbons (Fsp3) is 0.667. The Balaban J connectivity index is 1.84. The first kappa shape index (κ1) is 12.3. The topological polar surface area (TPSA) is 61.3 Å². The maximum Gasteiger partial charge on any atom is 0.225 e. The number of nitrogens with one attached hydrogen (secondary N) is 1. The zero-order chi connectivity index (χ0) is 12.1. The number of aliphatic hydroxyl groups excluding tert-OH is 1. The van der Waals surface area contributed by atoms with Crippen LogP contribution in [0.5, 0.6) is 0 Å². The van der Waals surface area contributed by atoms with Crippen molar-refractivity contribution in [2.75, 3.05) is 24.5 Å². The summed E-state index contributed by atoms with van der Waals surface area (Å²) in [7, 11) is 0. The van der Waals surface area contributed by atoms with E-state index in [1.54, 1.807) is 6.92 Å². The molecule has 1 saturated heterocycles. The molecule has 17 heavy (non-hydrogen) atoms. The van der Waals surface area contributed by atoms with Gasteiger partial charge in [0, 0.05) is 44.1 Å². The molecular weight excluding hydrogens is 216 g/mol. The minimum Gasteiger partial charge on any atom is -0.392 e. The number of nitrogens with zero attached hydrogens (tertiary/aromatic N) is 3. The second kappa shape index (κ2) is 5.93. The minimum absolute atomic E-state index is 0.320. The Hall–Kier alpha value is -1.20. The van der Waals surface area contributed by atoms with Gasteiger partial charge in [0.15, 0.2) is 0 Å². The van der Waals surface area contributed by atoms with Gasteiger partial charge in [-0.2, -0.15) is 0 Å². The number of hydrogen-bond acceptors (Lipinski definition) is 5. The summed E-state index contributed by atoms with van der Waals surface area (Å²) in [6.45, 7) is 5.19. The van der Waals surface area contributed by atoms with E-state index in [4.69, 9.17) is 5.11 Å². The summed E-state index contributed by atoms with van der Waals surface area (Å²) < 4.78 is 0. The Labute approximate surface area is 102 Å². The molecule has 1 unspecified atom stereocenters. The van der Waals surface area contributed by atoms with Gasteiger partial charge in [0.1, 0.15) is 0 Å². The summed E-state index contributed by atoms with van der Waals surface area (Å²) in [5.41, 5.74) is 1.05. The van der Waals surface area contributed by atoms with E-state index in [2.05, 4.69) is 20.2 Å². The monoisotopic (exact) mass is 236 g/mol. The fourth-order valence-corrected chi connectivity index (χ4v) is 1.95. The van der Waals surface area contributed by atoms with Crippen molar-refractivity contribution < 1.29 is 5.11 Å². The Bertz CT molecular complexity index is 333. The van der Waals surface area contributed by atoms with Gasteiger partial charge in [-0.1, -0.05) is 0 Å². The van der Waals surface area contributed by atoms with Crippen LogP contribution in [0.1, 0.15) is 25.3 Å². The van der Waals surface area contributed by atoms with Crippen molar-refractivity contribution in [3.05, 3.63) is 18.0 Å². The van der Waals surface area contributed by atoms with Crippen molar-refractivity contribution in [2.24, 2.45) is 0 Å². The Kier molecular flexibility index (Phi) is 4.28. The Morgan fingerprint density at radius 3 is 2.59 bits per heavy atom. The van der Waals surface area contributed by atoms with Crippen molar-refractivity contribution >= 4 is 5.95 Å². The molecule has 1 aromatic heterocycles. The van der Waals surface area contributed by atoms with Crippen LogP contribution in [0.4, 0.5) is 5.95 Å². The summed E-state index contributed by atoms with van der Waals surface area (Å²) in [6.07, 6.45) is 5.87. The number of rotatable bonds is 5. The highest BCUT2D eigenvalue weighted by atomic mass is 16.3. The van der Waals surface area contributed by atoms with Gasteiger partial charge in [-0.3, -0.25) is 0 Å². The van der Waals surface area contributed by atoms with Gasteiger partial charge < -0.3 is 15.3 Å². The van der Waals surface area contributed by atoms with Gasteiger partial charge in [-0.25, -0.2) is 9.97 Å². The van der Waals surface area contributed by atoms with E-state index < -0.39 is 0 Å². The highest BCUT2D eigenvalue weighted by molar-refractivity contribution is 5.30. The molecule has 2 N–H and O–H groups in total. The van der Waals surface area contributed by atoms with Crippen LogP contribution in [0.25, 0.3) is 0 Å². The first-order chi connectivity index (χ1) is 8.25. The molecule has 1 aliphatic rings. The van der Waals surface area contributed by atoms with E-state index in [1.807, 2.05) is 12.4 Å². The lowest BCUT2D eigenvalue weighted by Gasteiger charge is -2.14. The normalized spacial score (nSPS) is 17.4. The lowest BCUT2D eigenvalue weighted by Crippen LogP contribution is -2.24. The van der Waals surface area contributed by atoms with Gasteiger partial charge >= 0.3 is 0 Å². The second-order valence-electron chi connectivity index (χ2n) is 4.57. The largest absolute Gasteiger partial charge is 0.392 e. The second-order valence-corrected chi connectivity index (χ2v) is 4.57. The van der Waals surface area contributed by atoms with Crippen LogP contribution in [0.3, 0.4) is 0 Å². The first-order valence-electron chi connectivity index (χ1n) is 6.20. The van der Waals surface area contributed by atoms with Gasteiger partial charge in [-0.15, -0.1) is 0 Å². The zero-order valence-electron chi connectivity index (χ0n) is 10.3. The van der Waals surface area contributed by atoms with Crippen molar-refractivity contribution in [1.29, 1.82) is 0 Å². The quantitative estimate of drug-likeness (QED) is 0.781. The summed E-state index contributed by atoms with van der Waals surface area (Å²) >= 11 is 0. The molecule has 0 amide bonds. The molecule has 0 aromatic carbocycles. The van der Waals surface area contributed by atoms with Crippen LogP contribution in [0.15, 0.2) is 12.4 Å². The summed E-state index contributed by atoms with van der Waals surface area (Å²) in [6, 6.07) is 0. The molecular formula is C12H20N4O. The van der Waals surface area contributed by atoms with E-state index in [0.29, 0.717) is 13.1 Å². The third-order valence-electron chi connectivity index (χ3n) is 2.85. The molecule has 1 aliphatic heterocycles. The third-order valence-corrected chi connectivity index (χ3v) is 2.85. The van der Waals surface area contributed by atoms with Gasteiger partial charge in [-0.05, 0) is 19.8 Å². The molecule has 0 spiro atoms. The molecule has 2 heterocycles. The van der Waals surface area contributed by atoms with Gasteiger partial charge in [0.05, 0.1) is 6.10 Å². The zero-order valence-corrected chi connectivity index (χ0v) is 10.3. The van der Waals surface area contributed by atoms with Crippen LogP contribution in [-0.4, -0.2) is 40.8 Å². The molecule has 0 saturated carbocycles. The minimum atomic E-state index is -0.320. The summed E-state index contributed by atoms with van der Waals surface area (Å²) in [5, 5.41) is 12.3. The molecule has 94 valence electrons. The van der Waals surface area contributed by atoms with Crippen LogP contribution in [0.2, 0.25) is 0 Å². The SMILES string of the molecule is CC(O)CNCc1cnc(N2CCCC2)nc1. The van der Waals surface area contributed by atoms with E-state index in [-0.39, 0.29) is 6.10 Å². The van der Waals surface area contributed by atoms with Gasteiger partial charge in [0.25, 0.3) is 0 Å². The molecule has 1 aromatic rings. The van der Waals surface area contributed by atoms with Crippen LogP contribution in [-0.2, 0) is 6.54 Å². The number of hydrogen-bond donors (Lipinski definition) is 2. The van der Waals surface area contributed by atoms with Gasteiger partial charge in [0.2, 0.25) is 5.95 Å². The van der Waals surface area contributed by atoms with E-state index >= 15 is 0 Å². The predicted molar refractivity (Wildman–Crippen MR) is 66.9 cm³/mol. The van der Waals surface area contributed by atoms with E-state index in [9.17, 15) is 0 Å². The van der Waals surface area contributed by atoms with Crippen molar-refractivity contribution in [2.45, 2.75) is 32.4 Å². The molecule has 5 nitrogen and oxygen atoms in total. The molecule has 0 radical (unpaired) electrons. The van der Waals surface area contributed by atoms with Crippen LogP contribution >= 0.6 is 0 Å². The highest BCUT2D eigenvalue weighted by Crippen LogP contribution is 2.14. The Morgan fingerprint density at radius 1 is 1.35 bits per heavy atom. The summed E-state index contributed by atoms with van der Waals surface area (Å²) in [5.74, 6) is 0.835. The molecule has 0 aliphatic carbocycles. The van der Waals surface area contributed by atoms with Crippen LogP contribution < -0.4 is 10.2 Å². The Morgan fingerprint density at radius 2 is 2.00 bits per heavy atom. The van der Waals surface area contributed by atoms with Crippen LogP contribution in [0, 0.1) is 0 Å². The number of aromatic nitrogens is 2. The number of aliphatic hydroxyl groups is 1. The smallest absolute Gasteiger partial charge is 0.225 e. The first-order valence-corrected chi connectivity index (χ1v) is 6.20. The van der Waals surface area contributed by atoms with Crippen molar-refractivity contribution in [3.8, 4) is 0 Å². The lowest BCUT2D eigenvalue weighted by molar-refractivity contribution is 0.191. The maximum atomic E-state index is 9.12.